The van der Waals surface area contributed by atoms with Crippen LogP contribution in [-0.2, 0) is 10.8 Å². The van der Waals surface area contributed by atoms with Gasteiger partial charge < -0.3 is 18.9 Å². The molecule has 2 aliphatic carbocycles. The molecule has 0 saturated heterocycles. The van der Waals surface area contributed by atoms with Gasteiger partial charge in [0.25, 0.3) is 0 Å². The number of nitrogens with zero attached hydrogens (tertiary/aromatic N) is 4. The SMILES string of the molecule is c1ccc(-c2nc3ccc4ccccc4c3nc2-c2ccc(C3(c4ccc5c(c4)Oc4ccccc4O5)c4ccccc4-c4ccccc43)cc2)cc1.c1ccc(-c2nc3ccccc3nc2-c2ccc(C3(c4ccc5c(c4)Oc4ccccc4O5)c4ccccc4-c4ccccc43)cc2)cc1. The van der Waals surface area contributed by atoms with Crippen molar-refractivity contribution < 1.29 is 18.9 Å². The fraction of sp³-hybridized carbons (Fsp3) is 0.0213. The fourth-order valence-corrected chi connectivity index (χ4v) is 16.1. The lowest BCUT2D eigenvalue weighted by molar-refractivity contribution is 0.359. The van der Waals surface area contributed by atoms with Crippen molar-refractivity contribution in [2.24, 2.45) is 0 Å². The molecule has 0 N–H and O–H groups in total. The van der Waals surface area contributed by atoms with E-state index >= 15 is 0 Å². The van der Waals surface area contributed by atoms with Gasteiger partial charge in [0.1, 0.15) is 0 Å². The minimum atomic E-state index is -0.616. The zero-order chi connectivity index (χ0) is 67.3. The largest absolute Gasteiger partial charge is 0.450 e. The van der Waals surface area contributed by atoms with E-state index in [0.29, 0.717) is 40.2 Å². The first-order valence-corrected chi connectivity index (χ1v) is 34.4. The van der Waals surface area contributed by atoms with Crippen LogP contribution in [0.15, 0.2) is 352 Å². The van der Waals surface area contributed by atoms with E-state index in [2.05, 4.69) is 243 Å². The van der Waals surface area contributed by atoms with Crippen LogP contribution in [0.2, 0.25) is 0 Å². The van der Waals surface area contributed by atoms with Gasteiger partial charge in [-0.1, -0.05) is 285 Å². The Labute approximate surface area is 588 Å². The summed E-state index contributed by atoms with van der Waals surface area (Å²) in [4.78, 5) is 20.9. The quantitative estimate of drug-likeness (QED) is 0.139. The first-order valence-electron chi connectivity index (χ1n) is 34.4. The molecule has 0 saturated carbocycles. The molecule has 0 bridgehead atoms. The number of ether oxygens (including phenoxy) is 4. The van der Waals surface area contributed by atoms with E-state index in [0.717, 1.165) is 106 Å². The maximum absolute atomic E-state index is 6.49. The van der Waals surface area contributed by atoms with Crippen LogP contribution in [0.5, 0.6) is 46.0 Å². The number of hydrogen-bond acceptors (Lipinski definition) is 8. The molecule has 0 atom stereocenters. The number of benzene rings is 15. The van der Waals surface area contributed by atoms with Crippen LogP contribution >= 0.6 is 0 Å². The molecular weight excluding hydrogens is 1250 g/mol. The second kappa shape index (κ2) is 23.6. The van der Waals surface area contributed by atoms with Crippen LogP contribution in [0.25, 0.3) is 100 Å². The molecule has 0 fully saturated rings. The summed E-state index contributed by atoms with van der Waals surface area (Å²) < 4.78 is 25.5. The van der Waals surface area contributed by atoms with Gasteiger partial charge in [0.15, 0.2) is 46.0 Å². The van der Waals surface area contributed by atoms with Crippen molar-refractivity contribution in [2.75, 3.05) is 0 Å². The van der Waals surface area contributed by atoms with Crippen molar-refractivity contribution in [3.05, 3.63) is 396 Å². The van der Waals surface area contributed by atoms with Crippen molar-refractivity contribution >= 4 is 32.8 Å². The Morgan fingerprint density at radius 2 is 0.520 bits per heavy atom. The number of fused-ring (bicyclic) bond motifs is 14. The van der Waals surface area contributed by atoms with Crippen LogP contribution in [0, 0.1) is 0 Å². The maximum atomic E-state index is 6.49. The second-order valence-electron chi connectivity index (χ2n) is 26.2. The van der Waals surface area contributed by atoms with Gasteiger partial charge in [0.2, 0.25) is 0 Å². The molecule has 102 heavy (non-hydrogen) atoms. The highest BCUT2D eigenvalue weighted by atomic mass is 16.6. The minimum Gasteiger partial charge on any atom is -0.450 e. The lowest BCUT2D eigenvalue weighted by Crippen LogP contribution is -2.28. The van der Waals surface area contributed by atoms with Crippen LogP contribution in [-0.4, -0.2) is 19.9 Å². The van der Waals surface area contributed by atoms with Crippen molar-refractivity contribution in [1.82, 2.24) is 19.9 Å². The molecule has 0 radical (unpaired) electrons. The van der Waals surface area contributed by atoms with E-state index in [-0.39, 0.29) is 0 Å². The van der Waals surface area contributed by atoms with Crippen LogP contribution in [0.3, 0.4) is 0 Å². The molecule has 17 aromatic rings. The summed E-state index contributed by atoms with van der Waals surface area (Å²) in [6.45, 7) is 0. The normalized spacial score (nSPS) is 13.4. The summed E-state index contributed by atoms with van der Waals surface area (Å²) >= 11 is 0. The van der Waals surface area contributed by atoms with E-state index in [9.17, 15) is 0 Å². The Morgan fingerprint density at radius 3 is 0.951 bits per heavy atom. The maximum Gasteiger partial charge on any atom is 0.170 e. The third-order valence-electron chi connectivity index (χ3n) is 20.6. The zero-order valence-corrected chi connectivity index (χ0v) is 54.9. The van der Waals surface area contributed by atoms with E-state index < -0.39 is 10.8 Å². The highest BCUT2D eigenvalue weighted by Crippen LogP contribution is 2.60. The van der Waals surface area contributed by atoms with Crippen LogP contribution < -0.4 is 18.9 Å². The van der Waals surface area contributed by atoms with Gasteiger partial charge in [0, 0.05) is 27.6 Å². The molecule has 4 aliphatic rings. The monoisotopic (exact) mass is 1310 g/mol. The van der Waals surface area contributed by atoms with Gasteiger partial charge in [-0.2, -0.15) is 0 Å². The van der Waals surface area contributed by atoms with Crippen molar-refractivity contribution in [1.29, 1.82) is 0 Å². The molecule has 15 aromatic carbocycles. The van der Waals surface area contributed by atoms with Gasteiger partial charge >= 0.3 is 0 Å². The summed E-state index contributed by atoms with van der Waals surface area (Å²) in [6.07, 6.45) is 0. The molecule has 8 nitrogen and oxygen atoms in total. The molecule has 0 spiro atoms. The summed E-state index contributed by atoms with van der Waals surface area (Å²) in [5.74, 6) is 5.66. The first kappa shape index (κ1) is 58.6. The summed E-state index contributed by atoms with van der Waals surface area (Å²) in [5.41, 5.74) is 24.2. The molecule has 0 amide bonds. The van der Waals surface area contributed by atoms with E-state index in [1.807, 2.05) is 109 Å². The van der Waals surface area contributed by atoms with Crippen molar-refractivity contribution in [3.63, 3.8) is 0 Å². The summed E-state index contributed by atoms with van der Waals surface area (Å²) in [6, 6.07) is 123. The van der Waals surface area contributed by atoms with E-state index in [4.69, 9.17) is 38.9 Å². The molecule has 2 aromatic heterocycles. The molecule has 4 heterocycles. The molecule has 478 valence electrons. The van der Waals surface area contributed by atoms with Crippen LogP contribution in [0.1, 0.15) is 44.5 Å². The van der Waals surface area contributed by atoms with Gasteiger partial charge in [-0.3, -0.25) is 0 Å². The summed E-state index contributed by atoms with van der Waals surface area (Å²) in [5, 5.41) is 2.24. The van der Waals surface area contributed by atoms with Gasteiger partial charge in [-0.15, -0.1) is 0 Å². The Bertz CT molecular complexity index is 6130. The van der Waals surface area contributed by atoms with Crippen LogP contribution in [0.4, 0.5) is 0 Å². The molecule has 21 rings (SSSR count). The van der Waals surface area contributed by atoms with E-state index in [1.165, 1.54) is 44.5 Å². The van der Waals surface area contributed by atoms with Gasteiger partial charge in [0.05, 0.1) is 55.7 Å². The Morgan fingerprint density at radius 1 is 0.206 bits per heavy atom. The zero-order valence-electron chi connectivity index (χ0n) is 54.9. The molecule has 2 aliphatic heterocycles. The number of hydrogen-bond donors (Lipinski definition) is 0. The molecule has 0 unspecified atom stereocenters. The number of aromatic nitrogens is 4. The molecular formula is C94H58N4O4. The first-order chi connectivity index (χ1) is 50.5. The predicted molar refractivity (Wildman–Crippen MR) is 406 cm³/mol. The van der Waals surface area contributed by atoms with Gasteiger partial charge in [-0.25, -0.2) is 19.9 Å². The average Bonchev–Trinajstić information content (AvgIpc) is 1.53. The highest BCUT2D eigenvalue weighted by Gasteiger charge is 2.48. The second-order valence-corrected chi connectivity index (χ2v) is 26.2. The Hall–Kier alpha value is -13.6. The topological polar surface area (TPSA) is 88.5 Å². The van der Waals surface area contributed by atoms with Gasteiger partial charge in [-0.05, 0) is 139 Å². The Kier molecular flexibility index (Phi) is 13.5. The predicted octanol–water partition coefficient (Wildman–Crippen LogP) is 23.6. The molecule has 8 heteroatoms. The standard InChI is InChI=1S/C49H30N2O2.C45H28N2O2/c1-2-13-32(14-3-1)46-47(51-48-36-15-5-4-12-31(36)24-28-41(48)50-46)33-22-25-34(26-23-33)49(39-18-8-6-16-37(39)38-17-7-9-19-40(38)49)35-27-29-44-45(30-35)53-43-21-11-10-20-42(43)52-44;1-2-12-29(13-3-1)43-44(47-38-19-9-8-18-37(38)46-43)30-22-24-31(25-23-30)45(35-16-6-4-14-33(35)34-15-5-7-17-36(34)45)32-26-27-41-42(28-32)49-40-21-11-10-20-39(40)48-41/h1-30H;1-28H. The van der Waals surface area contributed by atoms with E-state index in [1.54, 1.807) is 0 Å². The lowest BCUT2D eigenvalue weighted by Gasteiger charge is -2.34. The summed E-state index contributed by atoms with van der Waals surface area (Å²) in [7, 11) is 0. The lowest BCUT2D eigenvalue weighted by atomic mass is 9.67. The number of rotatable bonds is 8. The van der Waals surface area contributed by atoms with Crippen molar-refractivity contribution in [3.8, 4) is 113 Å². The smallest absolute Gasteiger partial charge is 0.170 e. The van der Waals surface area contributed by atoms with Crippen molar-refractivity contribution in [2.45, 2.75) is 10.8 Å². The fourth-order valence-electron chi connectivity index (χ4n) is 16.1. The third kappa shape index (κ3) is 9.23. The number of para-hydroxylation sites is 6. The highest BCUT2D eigenvalue weighted by molar-refractivity contribution is 6.05. The average molecular weight is 1310 g/mol. The minimum absolute atomic E-state index is 0.599. The Balaban J connectivity index is 0.000000137. The third-order valence-corrected chi connectivity index (χ3v) is 20.6.